The molecule has 0 amide bonds. The predicted molar refractivity (Wildman–Crippen MR) is 70.4 cm³/mol. The van der Waals surface area contributed by atoms with Gasteiger partial charge in [-0.25, -0.2) is 0 Å². The monoisotopic (exact) mass is 241 g/mol. The highest BCUT2D eigenvalue weighted by Gasteiger charge is 2.32. The van der Waals surface area contributed by atoms with Crippen molar-refractivity contribution in [2.45, 2.75) is 32.4 Å². The highest BCUT2D eigenvalue weighted by Crippen LogP contribution is 2.18. The maximum absolute atomic E-state index is 5.90. The van der Waals surface area contributed by atoms with Crippen LogP contribution >= 0.6 is 0 Å². The fourth-order valence-corrected chi connectivity index (χ4v) is 2.79. The van der Waals surface area contributed by atoms with Crippen LogP contribution < -0.4 is 5.32 Å². The van der Waals surface area contributed by atoms with Crippen LogP contribution in [0.3, 0.4) is 0 Å². The minimum Gasteiger partial charge on any atom is -0.374 e. The molecule has 2 saturated heterocycles. The van der Waals surface area contributed by atoms with E-state index in [1.165, 1.54) is 0 Å². The highest BCUT2D eigenvalue weighted by atomic mass is 16.5. The Kier molecular flexibility index (Phi) is 4.42. The Hall–Kier alpha value is -0.160. The quantitative estimate of drug-likeness (QED) is 0.774. The molecule has 4 nitrogen and oxygen atoms in total. The van der Waals surface area contributed by atoms with Gasteiger partial charge in [-0.05, 0) is 20.4 Å². The number of hydrogen-bond donors (Lipinski definition) is 1. The van der Waals surface area contributed by atoms with Crippen molar-refractivity contribution in [2.75, 3.05) is 52.4 Å². The Balaban J connectivity index is 1.86. The fourth-order valence-electron chi connectivity index (χ4n) is 2.79. The van der Waals surface area contributed by atoms with E-state index in [1.54, 1.807) is 0 Å². The summed E-state index contributed by atoms with van der Waals surface area (Å²) in [7, 11) is 0. The molecular formula is C13H27N3O. The maximum Gasteiger partial charge on any atom is 0.0829 e. The molecule has 1 unspecified atom stereocenters. The van der Waals surface area contributed by atoms with Crippen molar-refractivity contribution < 1.29 is 4.74 Å². The third-order valence-corrected chi connectivity index (χ3v) is 4.07. The SMILES string of the molecule is CCN1CCOC(CN2CCNCC2(C)C)C1. The molecule has 0 spiro atoms. The molecule has 0 bridgehead atoms. The van der Waals surface area contributed by atoms with Gasteiger partial charge in [-0.3, -0.25) is 9.80 Å². The molecule has 2 heterocycles. The van der Waals surface area contributed by atoms with E-state index in [0.29, 0.717) is 6.10 Å². The Morgan fingerprint density at radius 2 is 2.18 bits per heavy atom. The van der Waals surface area contributed by atoms with E-state index >= 15 is 0 Å². The van der Waals surface area contributed by atoms with Gasteiger partial charge in [0, 0.05) is 44.8 Å². The van der Waals surface area contributed by atoms with Gasteiger partial charge in [0.2, 0.25) is 0 Å². The first-order valence-corrected chi connectivity index (χ1v) is 6.91. The van der Waals surface area contributed by atoms with Crippen LogP contribution in [0.25, 0.3) is 0 Å². The molecular weight excluding hydrogens is 214 g/mol. The zero-order chi connectivity index (χ0) is 12.3. The summed E-state index contributed by atoms with van der Waals surface area (Å²) in [5, 5.41) is 3.47. The van der Waals surface area contributed by atoms with Crippen LogP contribution in [0.2, 0.25) is 0 Å². The lowest BCUT2D eigenvalue weighted by Crippen LogP contribution is -2.61. The summed E-state index contributed by atoms with van der Waals surface area (Å²) in [5.41, 5.74) is 0.260. The lowest BCUT2D eigenvalue weighted by Gasteiger charge is -2.45. The smallest absolute Gasteiger partial charge is 0.0829 e. The molecule has 0 aliphatic carbocycles. The number of piperazine rings is 1. The van der Waals surface area contributed by atoms with Crippen molar-refractivity contribution in [1.82, 2.24) is 15.1 Å². The van der Waals surface area contributed by atoms with E-state index in [1.807, 2.05) is 0 Å². The number of likely N-dealkylation sites (N-methyl/N-ethyl adjacent to an activating group) is 1. The normalized spacial score (nSPS) is 31.6. The van der Waals surface area contributed by atoms with Crippen molar-refractivity contribution in [3.05, 3.63) is 0 Å². The third kappa shape index (κ3) is 3.41. The summed E-state index contributed by atoms with van der Waals surface area (Å²) in [5.74, 6) is 0. The topological polar surface area (TPSA) is 27.7 Å². The standard InChI is InChI=1S/C13H27N3O/c1-4-15-7-8-17-12(9-15)10-16-6-5-14-11-13(16,2)3/h12,14H,4-11H2,1-3H3. The van der Waals surface area contributed by atoms with E-state index in [0.717, 1.165) is 52.4 Å². The minimum atomic E-state index is 0.260. The fraction of sp³-hybridized carbons (Fsp3) is 1.00. The Morgan fingerprint density at radius 1 is 1.35 bits per heavy atom. The molecule has 2 aliphatic heterocycles. The van der Waals surface area contributed by atoms with Crippen molar-refractivity contribution in [2.24, 2.45) is 0 Å². The van der Waals surface area contributed by atoms with Crippen LogP contribution in [0.4, 0.5) is 0 Å². The molecule has 2 aliphatic rings. The van der Waals surface area contributed by atoms with Crippen LogP contribution in [-0.4, -0.2) is 73.9 Å². The second-order valence-corrected chi connectivity index (χ2v) is 5.82. The molecule has 100 valence electrons. The van der Waals surface area contributed by atoms with E-state index in [9.17, 15) is 0 Å². The number of rotatable bonds is 3. The van der Waals surface area contributed by atoms with E-state index in [4.69, 9.17) is 4.74 Å². The Morgan fingerprint density at radius 3 is 2.88 bits per heavy atom. The molecule has 0 aromatic heterocycles. The molecule has 0 aromatic rings. The van der Waals surface area contributed by atoms with Crippen molar-refractivity contribution in [3.8, 4) is 0 Å². The van der Waals surface area contributed by atoms with Gasteiger partial charge < -0.3 is 10.1 Å². The van der Waals surface area contributed by atoms with Crippen LogP contribution in [0.5, 0.6) is 0 Å². The first kappa shape index (κ1) is 13.3. The highest BCUT2D eigenvalue weighted by molar-refractivity contribution is 4.90. The molecule has 0 aromatic carbocycles. The molecule has 2 rings (SSSR count). The summed E-state index contributed by atoms with van der Waals surface area (Å²) in [4.78, 5) is 5.07. The summed E-state index contributed by atoms with van der Waals surface area (Å²) < 4.78 is 5.90. The largest absolute Gasteiger partial charge is 0.374 e. The summed E-state index contributed by atoms with van der Waals surface area (Å²) in [6.07, 6.45) is 0.390. The zero-order valence-electron chi connectivity index (χ0n) is 11.5. The number of hydrogen-bond acceptors (Lipinski definition) is 4. The van der Waals surface area contributed by atoms with Gasteiger partial charge in [-0.1, -0.05) is 6.92 Å². The maximum atomic E-state index is 5.90. The molecule has 17 heavy (non-hydrogen) atoms. The van der Waals surface area contributed by atoms with E-state index in [-0.39, 0.29) is 5.54 Å². The van der Waals surface area contributed by atoms with E-state index in [2.05, 4.69) is 35.9 Å². The van der Waals surface area contributed by atoms with Gasteiger partial charge in [0.1, 0.15) is 0 Å². The summed E-state index contributed by atoms with van der Waals surface area (Å²) >= 11 is 0. The molecule has 4 heteroatoms. The first-order chi connectivity index (χ1) is 8.12. The van der Waals surface area contributed by atoms with Crippen LogP contribution in [0, 0.1) is 0 Å². The van der Waals surface area contributed by atoms with Crippen LogP contribution in [0.1, 0.15) is 20.8 Å². The second-order valence-electron chi connectivity index (χ2n) is 5.82. The zero-order valence-corrected chi connectivity index (χ0v) is 11.5. The first-order valence-electron chi connectivity index (χ1n) is 6.91. The summed E-state index contributed by atoms with van der Waals surface area (Å²) in [6.45, 7) is 15.5. The molecule has 1 atom stereocenters. The van der Waals surface area contributed by atoms with Crippen LogP contribution in [0.15, 0.2) is 0 Å². The van der Waals surface area contributed by atoms with Gasteiger partial charge in [0.15, 0.2) is 0 Å². The van der Waals surface area contributed by atoms with Gasteiger partial charge in [-0.2, -0.15) is 0 Å². The molecule has 0 saturated carbocycles. The van der Waals surface area contributed by atoms with Gasteiger partial charge in [0.05, 0.1) is 12.7 Å². The Labute approximate surface area is 105 Å². The summed E-state index contributed by atoms with van der Waals surface area (Å²) in [6, 6.07) is 0. The number of nitrogens with one attached hydrogen (secondary N) is 1. The molecule has 2 fully saturated rings. The van der Waals surface area contributed by atoms with Gasteiger partial charge in [-0.15, -0.1) is 0 Å². The van der Waals surface area contributed by atoms with E-state index < -0.39 is 0 Å². The second kappa shape index (κ2) is 5.65. The van der Waals surface area contributed by atoms with Crippen LogP contribution in [-0.2, 0) is 4.74 Å². The number of nitrogens with zero attached hydrogens (tertiary/aromatic N) is 2. The lowest BCUT2D eigenvalue weighted by molar-refractivity contribution is -0.0588. The molecule has 1 N–H and O–H groups in total. The van der Waals surface area contributed by atoms with Gasteiger partial charge >= 0.3 is 0 Å². The number of ether oxygens (including phenoxy) is 1. The minimum absolute atomic E-state index is 0.260. The van der Waals surface area contributed by atoms with Crippen molar-refractivity contribution >= 4 is 0 Å². The third-order valence-electron chi connectivity index (χ3n) is 4.07. The molecule has 0 radical (unpaired) electrons. The predicted octanol–water partition coefficient (Wildman–Crippen LogP) is 0.391. The van der Waals surface area contributed by atoms with Crippen molar-refractivity contribution in [1.29, 1.82) is 0 Å². The average molecular weight is 241 g/mol. The lowest BCUT2D eigenvalue weighted by atomic mass is 9.99. The average Bonchev–Trinajstić information content (AvgIpc) is 2.32. The Bertz CT molecular complexity index is 245. The van der Waals surface area contributed by atoms with Gasteiger partial charge in [0.25, 0.3) is 0 Å². The number of morpholine rings is 1. The van der Waals surface area contributed by atoms with Crippen molar-refractivity contribution in [3.63, 3.8) is 0 Å².